The summed E-state index contributed by atoms with van der Waals surface area (Å²) in [5, 5.41) is 22.4. The summed E-state index contributed by atoms with van der Waals surface area (Å²) in [5.74, 6) is 1.42. The number of phenolic OH excluding ortho intramolecular Hbond substituents is 2. The monoisotopic (exact) mass is 289 g/mol. The molecule has 0 amide bonds. The molecule has 0 spiro atoms. The normalized spacial score (nSPS) is 11.8. The standard InChI is InChI=1S/C16H19NO4/c1-10(11-6-12(18)8-13(19)7-11)17-15-5-4-14(20-2)9-16(15)21-3/h4-10,17-19H,1-3H3. The highest BCUT2D eigenvalue weighted by Gasteiger charge is 2.11. The van der Waals surface area contributed by atoms with Crippen LogP contribution in [0.25, 0.3) is 0 Å². The Labute approximate surface area is 123 Å². The van der Waals surface area contributed by atoms with E-state index in [1.54, 1.807) is 32.4 Å². The highest BCUT2D eigenvalue weighted by atomic mass is 16.5. The molecule has 0 aliphatic rings. The smallest absolute Gasteiger partial charge is 0.145 e. The van der Waals surface area contributed by atoms with Gasteiger partial charge in [0.15, 0.2) is 0 Å². The number of anilines is 1. The van der Waals surface area contributed by atoms with Gasteiger partial charge in [0, 0.05) is 18.2 Å². The Morgan fingerprint density at radius 1 is 0.952 bits per heavy atom. The van der Waals surface area contributed by atoms with Gasteiger partial charge in [-0.15, -0.1) is 0 Å². The average molecular weight is 289 g/mol. The molecule has 3 N–H and O–H groups in total. The van der Waals surface area contributed by atoms with Crippen molar-refractivity contribution in [2.45, 2.75) is 13.0 Å². The first kappa shape index (κ1) is 14.8. The molecular weight excluding hydrogens is 270 g/mol. The third kappa shape index (κ3) is 3.51. The van der Waals surface area contributed by atoms with Crippen molar-refractivity contribution in [3.8, 4) is 23.0 Å². The lowest BCUT2D eigenvalue weighted by Crippen LogP contribution is -2.07. The van der Waals surface area contributed by atoms with Gasteiger partial charge in [-0.05, 0) is 36.8 Å². The molecule has 0 saturated carbocycles. The van der Waals surface area contributed by atoms with Crippen LogP contribution in [0.15, 0.2) is 36.4 Å². The summed E-state index contributed by atoms with van der Waals surface area (Å²) in [7, 11) is 3.19. The summed E-state index contributed by atoms with van der Waals surface area (Å²) >= 11 is 0. The first-order valence-corrected chi connectivity index (χ1v) is 6.55. The lowest BCUT2D eigenvalue weighted by Gasteiger charge is -2.19. The zero-order valence-electron chi connectivity index (χ0n) is 12.3. The van der Waals surface area contributed by atoms with Gasteiger partial charge in [-0.1, -0.05) is 0 Å². The minimum Gasteiger partial charge on any atom is -0.508 e. The van der Waals surface area contributed by atoms with E-state index in [0.29, 0.717) is 11.5 Å². The van der Waals surface area contributed by atoms with Crippen molar-refractivity contribution in [3.63, 3.8) is 0 Å². The Balaban J connectivity index is 2.24. The maximum Gasteiger partial charge on any atom is 0.145 e. The molecule has 1 atom stereocenters. The van der Waals surface area contributed by atoms with Gasteiger partial charge in [0.05, 0.1) is 19.9 Å². The minimum atomic E-state index is -0.120. The maximum atomic E-state index is 9.55. The van der Waals surface area contributed by atoms with E-state index in [-0.39, 0.29) is 17.5 Å². The molecule has 0 bridgehead atoms. The Morgan fingerprint density at radius 3 is 2.19 bits per heavy atom. The number of methoxy groups -OCH3 is 2. The molecule has 0 heterocycles. The van der Waals surface area contributed by atoms with Crippen molar-refractivity contribution in [1.82, 2.24) is 0 Å². The zero-order valence-corrected chi connectivity index (χ0v) is 12.3. The van der Waals surface area contributed by atoms with Crippen molar-refractivity contribution in [2.24, 2.45) is 0 Å². The molecule has 21 heavy (non-hydrogen) atoms. The molecule has 2 aromatic carbocycles. The molecule has 0 aromatic heterocycles. The number of benzene rings is 2. The Hall–Kier alpha value is -2.56. The zero-order chi connectivity index (χ0) is 15.4. The molecule has 1 unspecified atom stereocenters. The Bertz CT molecular complexity index is 607. The van der Waals surface area contributed by atoms with Gasteiger partial charge in [0.25, 0.3) is 0 Å². The largest absolute Gasteiger partial charge is 0.508 e. The average Bonchev–Trinajstić information content (AvgIpc) is 2.46. The molecule has 0 aliphatic carbocycles. The summed E-state index contributed by atoms with van der Waals surface area (Å²) < 4.78 is 10.5. The van der Waals surface area contributed by atoms with Crippen LogP contribution in [0.3, 0.4) is 0 Å². The first-order chi connectivity index (χ1) is 10.0. The van der Waals surface area contributed by atoms with E-state index in [4.69, 9.17) is 9.47 Å². The fraction of sp³-hybridized carbons (Fsp3) is 0.250. The summed E-state index contributed by atoms with van der Waals surface area (Å²) in [6.45, 7) is 1.93. The fourth-order valence-corrected chi connectivity index (χ4v) is 2.10. The van der Waals surface area contributed by atoms with Crippen LogP contribution in [0.4, 0.5) is 5.69 Å². The lowest BCUT2D eigenvalue weighted by atomic mass is 10.1. The van der Waals surface area contributed by atoms with Gasteiger partial charge < -0.3 is 25.0 Å². The van der Waals surface area contributed by atoms with Gasteiger partial charge in [-0.3, -0.25) is 0 Å². The number of rotatable bonds is 5. The topological polar surface area (TPSA) is 71.0 Å². The summed E-state index contributed by atoms with van der Waals surface area (Å²) in [6.07, 6.45) is 0. The van der Waals surface area contributed by atoms with Gasteiger partial charge in [-0.2, -0.15) is 0 Å². The molecule has 2 rings (SSSR count). The van der Waals surface area contributed by atoms with Gasteiger partial charge in [0.2, 0.25) is 0 Å². The molecule has 0 radical (unpaired) electrons. The van der Waals surface area contributed by atoms with Gasteiger partial charge >= 0.3 is 0 Å². The second kappa shape index (κ2) is 6.26. The SMILES string of the molecule is COc1ccc(NC(C)c2cc(O)cc(O)c2)c(OC)c1. The van der Waals surface area contributed by atoms with Gasteiger partial charge in [-0.25, -0.2) is 0 Å². The van der Waals surface area contributed by atoms with E-state index >= 15 is 0 Å². The Kier molecular flexibility index (Phi) is 4.42. The fourth-order valence-electron chi connectivity index (χ4n) is 2.10. The lowest BCUT2D eigenvalue weighted by molar-refractivity contribution is 0.395. The van der Waals surface area contributed by atoms with Crippen LogP contribution in [0.5, 0.6) is 23.0 Å². The number of hydrogen-bond donors (Lipinski definition) is 3. The van der Waals surface area contributed by atoms with Crippen molar-refractivity contribution >= 4 is 5.69 Å². The minimum absolute atomic E-state index is 0.0281. The van der Waals surface area contributed by atoms with Crippen LogP contribution < -0.4 is 14.8 Å². The van der Waals surface area contributed by atoms with E-state index in [2.05, 4.69) is 5.32 Å². The van der Waals surface area contributed by atoms with Crippen molar-refractivity contribution < 1.29 is 19.7 Å². The third-order valence-electron chi connectivity index (χ3n) is 3.21. The molecule has 0 aliphatic heterocycles. The summed E-state index contributed by atoms with van der Waals surface area (Å²) in [4.78, 5) is 0. The van der Waals surface area contributed by atoms with Crippen LogP contribution >= 0.6 is 0 Å². The molecule has 5 nitrogen and oxygen atoms in total. The second-order valence-electron chi connectivity index (χ2n) is 4.71. The molecule has 2 aromatic rings. The predicted octanol–water partition coefficient (Wildman–Crippen LogP) is 3.29. The summed E-state index contributed by atoms with van der Waals surface area (Å²) in [5.41, 5.74) is 1.57. The molecule has 112 valence electrons. The van der Waals surface area contributed by atoms with E-state index in [0.717, 1.165) is 11.3 Å². The molecule has 5 heteroatoms. The van der Waals surface area contributed by atoms with Crippen molar-refractivity contribution in [3.05, 3.63) is 42.0 Å². The third-order valence-corrected chi connectivity index (χ3v) is 3.21. The molecule has 0 saturated heterocycles. The molecular formula is C16H19NO4. The van der Waals surface area contributed by atoms with Crippen LogP contribution in [0, 0.1) is 0 Å². The van der Waals surface area contributed by atoms with E-state index in [9.17, 15) is 10.2 Å². The summed E-state index contributed by atoms with van der Waals surface area (Å²) in [6, 6.07) is 9.86. The van der Waals surface area contributed by atoms with Crippen molar-refractivity contribution in [2.75, 3.05) is 19.5 Å². The predicted molar refractivity (Wildman–Crippen MR) is 81.4 cm³/mol. The first-order valence-electron chi connectivity index (χ1n) is 6.55. The molecule has 0 fully saturated rings. The van der Waals surface area contributed by atoms with Crippen LogP contribution in [0.2, 0.25) is 0 Å². The highest BCUT2D eigenvalue weighted by Crippen LogP contribution is 2.33. The number of nitrogens with one attached hydrogen (secondary N) is 1. The van der Waals surface area contributed by atoms with Crippen LogP contribution in [-0.2, 0) is 0 Å². The van der Waals surface area contributed by atoms with Crippen molar-refractivity contribution in [1.29, 1.82) is 0 Å². The second-order valence-corrected chi connectivity index (χ2v) is 4.71. The van der Waals surface area contributed by atoms with E-state index in [1.807, 2.05) is 19.1 Å². The van der Waals surface area contributed by atoms with Crippen LogP contribution in [-0.4, -0.2) is 24.4 Å². The number of aromatic hydroxyl groups is 2. The van der Waals surface area contributed by atoms with Gasteiger partial charge in [0.1, 0.15) is 23.0 Å². The number of phenols is 2. The maximum absolute atomic E-state index is 9.55. The van der Waals surface area contributed by atoms with E-state index in [1.165, 1.54) is 6.07 Å². The quantitative estimate of drug-likeness (QED) is 0.788. The van der Waals surface area contributed by atoms with Crippen LogP contribution in [0.1, 0.15) is 18.5 Å². The number of hydrogen-bond acceptors (Lipinski definition) is 5. The Morgan fingerprint density at radius 2 is 1.62 bits per heavy atom. The van der Waals surface area contributed by atoms with E-state index < -0.39 is 0 Å². The number of ether oxygens (including phenoxy) is 2. The highest BCUT2D eigenvalue weighted by molar-refractivity contribution is 5.60.